The molecule has 1 atom stereocenters. The Morgan fingerprint density at radius 2 is 2.06 bits per heavy atom. The molecule has 1 aromatic rings. The molecule has 1 N–H and O–H groups in total. The van der Waals surface area contributed by atoms with Crippen LogP contribution in [-0.2, 0) is 0 Å². The highest BCUT2D eigenvalue weighted by molar-refractivity contribution is 9.11. The molecule has 0 aliphatic rings. The highest BCUT2D eigenvalue weighted by Crippen LogP contribution is 2.27. The first-order valence-corrected chi connectivity index (χ1v) is 6.01. The molecule has 1 rings (SSSR count). The van der Waals surface area contributed by atoms with E-state index in [-0.39, 0.29) is 0 Å². The van der Waals surface area contributed by atoms with Gasteiger partial charge in [0.05, 0.1) is 10.9 Å². The number of pyridine rings is 1. The minimum Gasteiger partial charge on any atom is -0.366 e. The third-order valence-electron chi connectivity index (χ3n) is 1.73. The van der Waals surface area contributed by atoms with Crippen LogP contribution in [0, 0.1) is 0 Å². The maximum Gasteiger partial charge on any atom is 0.391 e. The van der Waals surface area contributed by atoms with Crippen molar-refractivity contribution in [3.8, 4) is 0 Å². The van der Waals surface area contributed by atoms with Crippen molar-refractivity contribution >= 4 is 37.7 Å². The summed E-state index contributed by atoms with van der Waals surface area (Å²) in [5.41, 5.74) is 0. The molecule has 16 heavy (non-hydrogen) atoms. The first kappa shape index (κ1) is 13.8. The second kappa shape index (κ2) is 5.35. The highest BCUT2D eigenvalue weighted by Gasteiger charge is 2.30. The number of alkyl halides is 3. The van der Waals surface area contributed by atoms with Gasteiger partial charge in [-0.15, -0.1) is 0 Å². The summed E-state index contributed by atoms with van der Waals surface area (Å²) in [7, 11) is 0. The monoisotopic (exact) mass is 360 g/mol. The topological polar surface area (TPSA) is 24.9 Å². The first-order valence-electron chi connectivity index (χ1n) is 4.42. The predicted molar refractivity (Wildman–Crippen MR) is 63.4 cm³/mol. The fourth-order valence-corrected chi connectivity index (χ4v) is 2.25. The molecule has 1 unspecified atom stereocenters. The van der Waals surface area contributed by atoms with Crippen LogP contribution < -0.4 is 5.32 Å². The van der Waals surface area contributed by atoms with Gasteiger partial charge in [0.25, 0.3) is 0 Å². The number of nitrogens with zero attached hydrogens (tertiary/aromatic N) is 1. The van der Waals surface area contributed by atoms with Crippen molar-refractivity contribution in [3.05, 3.63) is 21.2 Å². The van der Waals surface area contributed by atoms with E-state index in [1.54, 1.807) is 6.07 Å². The Hall–Kier alpha value is -0.300. The lowest BCUT2D eigenvalue weighted by molar-refractivity contribution is -0.136. The molecule has 0 radical (unpaired) electrons. The van der Waals surface area contributed by atoms with Crippen LogP contribution in [0.25, 0.3) is 0 Å². The normalized spacial score (nSPS) is 13.6. The number of rotatable bonds is 3. The molecule has 0 aliphatic carbocycles. The van der Waals surface area contributed by atoms with Crippen LogP contribution in [-0.4, -0.2) is 17.2 Å². The van der Waals surface area contributed by atoms with E-state index < -0.39 is 18.6 Å². The van der Waals surface area contributed by atoms with Gasteiger partial charge in [0.15, 0.2) is 0 Å². The molecular weight excluding hydrogens is 353 g/mol. The van der Waals surface area contributed by atoms with Crippen LogP contribution in [0.4, 0.5) is 19.0 Å². The SMILES string of the molecule is CC(CC(F)(F)F)Nc1ncc(Br)cc1Br. The van der Waals surface area contributed by atoms with E-state index in [4.69, 9.17) is 0 Å². The van der Waals surface area contributed by atoms with Crippen LogP contribution in [0.2, 0.25) is 0 Å². The van der Waals surface area contributed by atoms with Crippen molar-refractivity contribution in [2.75, 3.05) is 5.32 Å². The number of anilines is 1. The van der Waals surface area contributed by atoms with Gasteiger partial charge in [-0.3, -0.25) is 0 Å². The van der Waals surface area contributed by atoms with E-state index in [2.05, 4.69) is 42.2 Å². The maximum absolute atomic E-state index is 12.1. The first-order chi connectivity index (χ1) is 7.28. The van der Waals surface area contributed by atoms with Crippen LogP contribution >= 0.6 is 31.9 Å². The molecule has 1 aromatic heterocycles. The van der Waals surface area contributed by atoms with Crippen LogP contribution in [0.1, 0.15) is 13.3 Å². The Labute approximate surface area is 108 Å². The van der Waals surface area contributed by atoms with E-state index in [1.807, 2.05) is 0 Å². The fraction of sp³-hybridized carbons (Fsp3) is 0.444. The van der Waals surface area contributed by atoms with Gasteiger partial charge < -0.3 is 5.32 Å². The van der Waals surface area contributed by atoms with Gasteiger partial charge in [-0.05, 0) is 44.8 Å². The molecule has 0 saturated heterocycles. The van der Waals surface area contributed by atoms with Crippen molar-refractivity contribution in [1.29, 1.82) is 0 Å². The zero-order chi connectivity index (χ0) is 12.3. The van der Waals surface area contributed by atoms with E-state index in [0.29, 0.717) is 10.3 Å². The van der Waals surface area contributed by atoms with Crippen LogP contribution in [0.15, 0.2) is 21.2 Å². The summed E-state index contributed by atoms with van der Waals surface area (Å²) in [6.45, 7) is 1.46. The Bertz CT molecular complexity index is 368. The molecule has 0 bridgehead atoms. The Morgan fingerprint density at radius 3 is 2.56 bits per heavy atom. The smallest absolute Gasteiger partial charge is 0.366 e. The second-order valence-corrected chi connectivity index (χ2v) is 5.12. The maximum atomic E-state index is 12.1. The summed E-state index contributed by atoms with van der Waals surface area (Å²) in [6.07, 6.45) is -3.54. The molecule has 0 spiro atoms. The average Bonchev–Trinajstić information content (AvgIpc) is 2.06. The summed E-state index contributed by atoms with van der Waals surface area (Å²) >= 11 is 6.43. The lowest BCUT2D eigenvalue weighted by Crippen LogP contribution is -2.24. The summed E-state index contributed by atoms with van der Waals surface area (Å²) < 4.78 is 37.7. The molecule has 2 nitrogen and oxygen atoms in total. The van der Waals surface area contributed by atoms with Gasteiger partial charge in [-0.25, -0.2) is 4.98 Å². The second-order valence-electron chi connectivity index (χ2n) is 3.35. The minimum atomic E-state index is -4.17. The zero-order valence-electron chi connectivity index (χ0n) is 8.28. The third kappa shape index (κ3) is 4.69. The van der Waals surface area contributed by atoms with Crippen molar-refractivity contribution < 1.29 is 13.2 Å². The van der Waals surface area contributed by atoms with E-state index in [9.17, 15) is 13.2 Å². The van der Waals surface area contributed by atoms with Crippen LogP contribution in [0.3, 0.4) is 0 Å². The molecule has 7 heteroatoms. The summed E-state index contributed by atoms with van der Waals surface area (Å²) in [6, 6.07) is 1.00. The highest BCUT2D eigenvalue weighted by atomic mass is 79.9. The van der Waals surface area contributed by atoms with Crippen molar-refractivity contribution in [1.82, 2.24) is 4.98 Å². The standard InChI is InChI=1S/C9H9Br2F3N2/c1-5(3-9(12,13)14)16-8-7(11)2-6(10)4-15-8/h2,4-5H,3H2,1H3,(H,15,16). The number of aromatic nitrogens is 1. The van der Waals surface area contributed by atoms with Gasteiger partial charge in [-0.2, -0.15) is 13.2 Å². The molecule has 0 amide bonds. The van der Waals surface area contributed by atoms with Gasteiger partial charge in [0, 0.05) is 16.7 Å². The number of nitrogens with one attached hydrogen (secondary N) is 1. The molecule has 0 aliphatic heterocycles. The minimum absolute atomic E-state index is 0.403. The molecule has 0 saturated carbocycles. The summed E-state index contributed by atoms with van der Waals surface area (Å²) in [5, 5.41) is 2.70. The van der Waals surface area contributed by atoms with Crippen molar-refractivity contribution in [2.24, 2.45) is 0 Å². The summed E-state index contributed by atoms with van der Waals surface area (Å²) in [5.74, 6) is 0.403. The Balaban J connectivity index is 2.66. The fourth-order valence-electron chi connectivity index (χ4n) is 1.15. The Kier molecular flexibility index (Phi) is 4.61. The lowest BCUT2D eigenvalue weighted by atomic mass is 10.2. The van der Waals surface area contributed by atoms with E-state index in [1.165, 1.54) is 13.1 Å². The molecule has 1 heterocycles. The Morgan fingerprint density at radius 1 is 1.44 bits per heavy atom. The van der Waals surface area contributed by atoms with Gasteiger partial charge in [-0.1, -0.05) is 0 Å². The average molecular weight is 362 g/mol. The zero-order valence-corrected chi connectivity index (χ0v) is 11.4. The number of halogens is 5. The quantitative estimate of drug-likeness (QED) is 0.865. The van der Waals surface area contributed by atoms with Crippen molar-refractivity contribution in [3.63, 3.8) is 0 Å². The number of hydrogen-bond donors (Lipinski definition) is 1. The number of hydrogen-bond acceptors (Lipinski definition) is 2. The largest absolute Gasteiger partial charge is 0.391 e. The van der Waals surface area contributed by atoms with Crippen molar-refractivity contribution in [2.45, 2.75) is 25.6 Å². The lowest BCUT2D eigenvalue weighted by Gasteiger charge is -2.17. The van der Waals surface area contributed by atoms with E-state index >= 15 is 0 Å². The summed E-state index contributed by atoms with van der Waals surface area (Å²) in [4.78, 5) is 3.98. The van der Waals surface area contributed by atoms with E-state index in [0.717, 1.165) is 4.47 Å². The third-order valence-corrected chi connectivity index (χ3v) is 2.77. The molecule has 0 fully saturated rings. The molecule has 90 valence electrons. The van der Waals surface area contributed by atoms with Gasteiger partial charge in [0.1, 0.15) is 5.82 Å². The van der Waals surface area contributed by atoms with Crippen LogP contribution in [0.5, 0.6) is 0 Å². The van der Waals surface area contributed by atoms with Gasteiger partial charge in [0.2, 0.25) is 0 Å². The molecule has 0 aromatic carbocycles. The molecular formula is C9H9Br2F3N2. The van der Waals surface area contributed by atoms with Gasteiger partial charge >= 0.3 is 6.18 Å². The predicted octanol–water partition coefficient (Wildman–Crippen LogP) is 4.36.